The Hall–Kier alpha value is -2.17. The van der Waals surface area contributed by atoms with Crippen molar-refractivity contribution in [2.45, 2.75) is 18.8 Å². The molecule has 1 fully saturated rings. The number of hydrogen-bond donors (Lipinski definition) is 0. The van der Waals surface area contributed by atoms with Gasteiger partial charge in [0, 0.05) is 5.92 Å². The van der Waals surface area contributed by atoms with Crippen molar-refractivity contribution in [1.29, 1.82) is 0 Å². The van der Waals surface area contributed by atoms with Crippen LogP contribution in [0.1, 0.15) is 40.5 Å². The molecule has 1 aliphatic carbocycles. The molecule has 0 atom stereocenters. The lowest BCUT2D eigenvalue weighted by molar-refractivity contribution is 0.0603. The number of esters is 1. The standard InChI is InChI=1S/C13H12N2O3/c1-3-8-6-9(13(16)17-2)10-11(7-4-5-7)15-18-12(10)14-8/h3,6-7H,1,4-5H2,2H3. The van der Waals surface area contributed by atoms with Gasteiger partial charge in [0.05, 0.1) is 29.4 Å². The number of hydrogen-bond acceptors (Lipinski definition) is 5. The third-order valence-electron chi connectivity index (χ3n) is 3.07. The molecule has 0 bridgehead atoms. The molecule has 0 spiro atoms. The van der Waals surface area contributed by atoms with Crippen molar-refractivity contribution < 1.29 is 14.1 Å². The molecular weight excluding hydrogens is 232 g/mol. The zero-order valence-corrected chi connectivity index (χ0v) is 9.97. The van der Waals surface area contributed by atoms with Crippen LogP contribution < -0.4 is 0 Å². The predicted octanol–water partition coefficient (Wildman–Crippen LogP) is 2.53. The van der Waals surface area contributed by atoms with Gasteiger partial charge in [-0.15, -0.1) is 0 Å². The lowest BCUT2D eigenvalue weighted by Crippen LogP contribution is -2.04. The van der Waals surface area contributed by atoms with Gasteiger partial charge < -0.3 is 9.26 Å². The molecule has 0 amide bonds. The number of fused-ring (bicyclic) bond motifs is 1. The Morgan fingerprint density at radius 2 is 2.39 bits per heavy atom. The summed E-state index contributed by atoms with van der Waals surface area (Å²) in [4.78, 5) is 16.1. The van der Waals surface area contributed by atoms with E-state index in [0.29, 0.717) is 28.3 Å². The molecule has 0 saturated heterocycles. The largest absolute Gasteiger partial charge is 0.465 e. The van der Waals surface area contributed by atoms with Gasteiger partial charge in [0.1, 0.15) is 0 Å². The van der Waals surface area contributed by atoms with E-state index in [1.807, 2.05) is 0 Å². The Morgan fingerprint density at radius 3 is 3.00 bits per heavy atom. The summed E-state index contributed by atoms with van der Waals surface area (Å²) in [5, 5.41) is 4.71. The summed E-state index contributed by atoms with van der Waals surface area (Å²) in [5.41, 5.74) is 2.20. The van der Waals surface area contributed by atoms with Crippen molar-refractivity contribution in [3.63, 3.8) is 0 Å². The zero-order chi connectivity index (χ0) is 12.7. The molecule has 3 rings (SSSR count). The molecule has 2 heterocycles. The molecule has 2 aromatic heterocycles. The topological polar surface area (TPSA) is 65.2 Å². The lowest BCUT2D eigenvalue weighted by Gasteiger charge is -2.02. The maximum atomic E-state index is 11.8. The minimum atomic E-state index is -0.407. The highest BCUT2D eigenvalue weighted by Crippen LogP contribution is 2.43. The Bertz CT molecular complexity index is 641. The number of nitrogens with zero attached hydrogens (tertiary/aromatic N) is 2. The number of carbonyl (C=O) groups is 1. The predicted molar refractivity (Wildman–Crippen MR) is 65.2 cm³/mol. The maximum Gasteiger partial charge on any atom is 0.338 e. The van der Waals surface area contributed by atoms with E-state index in [2.05, 4.69) is 16.7 Å². The van der Waals surface area contributed by atoms with Gasteiger partial charge in [-0.05, 0) is 25.0 Å². The first-order valence-electron chi connectivity index (χ1n) is 5.75. The second-order valence-electron chi connectivity index (χ2n) is 4.31. The molecule has 18 heavy (non-hydrogen) atoms. The van der Waals surface area contributed by atoms with Crippen molar-refractivity contribution >= 4 is 23.1 Å². The molecule has 0 aliphatic heterocycles. The van der Waals surface area contributed by atoms with Crippen LogP contribution in [0.4, 0.5) is 0 Å². The van der Waals surface area contributed by atoms with Crippen LogP contribution in [0.2, 0.25) is 0 Å². The van der Waals surface area contributed by atoms with Crippen LogP contribution in [-0.2, 0) is 4.74 Å². The maximum absolute atomic E-state index is 11.8. The fourth-order valence-corrected chi connectivity index (χ4v) is 2.00. The molecule has 0 unspecified atom stereocenters. The normalized spacial score (nSPS) is 14.7. The summed E-state index contributed by atoms with van der Waals surface area (Å²) in [6.45, 7) is 3.64. The minimum absolute atomic E-state index is 0.370. The van der Waals surface area contributed by atoms with Gasteiger partial charge in [-0.3, -0.25) is 0 Å². The number of pyridine rings is 1. The average Bonchev–Trinajstić information content (AvgIpc) is 3.16. The van der Waals surface area contributed by atoms with Crippen molar-refractivity contribution in [3.8, 4) is 0 Å². The van der Waals surface area contributed by atoms with E-state index in [9.17, 15) is 4.79 Å². The SMILES string of the molecule is C=Cc1cc(C(=O)OC)c2c(C3CC3)noc2n1. The van der Waals surface area contributed by atoms with E-state index in [-0.39, 0.29) is 0 Å². The van der Waals surface area contributed by atoms with Crippen LogP contribution in [0.3, 0.4) is 0 Å². The first-order valence-corrected chi connectivity index (χ1v) is 5.75. The van der Waals surface area contributed by atoms with Gasteiger partial charge >= 0.3 is 5.97 Å². The van der Waals surface area contributed by atoms with Gasteiger partial charge in [0.15, 0.2) is 0 Å². The Kier molecular flexibility index (Phi) is 2.40. The van der Waals surface area contributed by atoms with Crippen LogP contribution in [0.5, 0.6) is 0 Å². The number of methoxy groups -OCH3 is 1. The fourth-order valence-electron chi connectivity index (χ4n) is 2.00. The number of ether oxygens (including phenoxy) is 1. The molecule has 1 saturated carbocycles. The highest BCUT2D eigenvalue weighted by molar-refractivity contribution is 6.03. The van der Waals surface area contributed by atoms with Crippen molar-refractivity contribution in [3.05, 3.63) is 29.6 Å². The zero-order valence-electron chi connectivity index (χ0n) is 9.97. The van der Waals surface area contributed by atoms with Crippen molar-refractivity contribution in [2.24, 2.45) is 0 Å². The van der Waals surface area contributed by atoms with Gasteiger partial charge in [-0.25, -0.2) is 9.78 Å². The van der Waals surface area contributed by atoms with Crippen LogP contribution in [0, 0.1) is 0 Å². The Morgan fingerprint density at radius 1 is 1.61 bits per heavy atom. The average molecular weight is 244 g/mol. The second-order valence-corrected chi connectivity index (χ2v) is 4.31. The highest BCUT2D eigenvalue weighted by Gasteiger charge is 2.32. The smallest absolute Gasteiger partial charge is 0.338 e. The quantitative estimate of drug-likeness (QED) is 0.776. The van der Waals surface area contributed by atoms with Gasteiger partial charge in [0.25, 0.3) is 5.71 Å². The molecular formula is C13H12N2O3. The molecule has 0 radical (unpaired) electrons. The molecule has 2 aromatic rings. The molecule has 0 aromatic carbocycles. The third-order valence-corrected chi connectivity index (χ3v) is 3.07. The van der Waals surface area contributed by atoms with Crippen LogP contribution in [0.15, 0.2) is 17.2 Å². The minimum Gasteiger partial charge on any atom is -0.465 e. The highest BCUT2D eigenvalue weighted by atomic mass is 16.5. The van der Waals surface area contributed by atoms with Crippen molar-refractivity contribution in [2.75, 3.05) is 7.11 Å². The first kappa shape index (κ1) is 11.0. The van der Waals surface area contributed by atoms with E-state index < -0.39 is 5.97 Å². The van der Waals surface area contributed by atoms with E-state index in [1.54, 1.807) is 12.1 Å². The van der Waals surface area contributed by atoms with Gasteiger partial charge in [-0.1, -0.05) is 11.7 Å². The molecule has 92 valence electrons. The van der Waals surface area contributed by atoms with E-state index in [1.165, 1.54) is 7.11 Å². The molecule has 5 nitrogen and oxygen atoms in total. The third kappa shape index (κ3) is 1.59. The molecule has 0 N–H and O–H groups in total. The Balaban J connectivity index is 2.29. The first-order chi connectivity index (χ1) is 8.74. The van der Waals surface area contributed by atoms with Crippen LogP contribution >= 0.6 is 0 Å². The van der Waals surface area contributed by atoms with E-state index in [4.69, 9.17) is 9.26 Å². The summed E-state index contributed by atoms with van der Waals surface area (Å²) in [7, 11) is 1.35. The number of rotatable bonds is 3. The monoisotopic (exact) mass is 244 g/mol. The summed E-state index contributed by atoms with van der Waals surface area (Å²) in [6, 6.07) is 1.66. The number of aromatic nitrogens is 2. The Labute approximate surface area is 103 Å². The lowest BCUT2D eigenvalue weighted by atomic mass is 10.1. The molecule has 5 heteroatoms. The van der Waals surface area contributed by atoms with Crippen LogP contribution in [0.25, 0.3) is 17.2 Å². The second kappa shape index (κ2) is 3.94. The number of carbonyl (C=O) groups excluding carboxylic acids is 1. The summed E-state index contributed by atoms with van der Waals surface area (Å²) >= 11 is 0. The van der Waals surface area contributed by atoms with Gasteiger partial charge in [0.2, 0.25) is 0 Å². The van der Waals surface area contributed by atoms with Gasteiger partial charge in [-0.2, -0.15) is 0 Å². The summed E-state index contributed by atoms with van der Waals surface area (Å²) < 4.78 is 10.0. The fraction of sp³-hybridized carbons (Fsp3) is 0.308. The van der Waals surface area contributed by atoms with Crippen molar-refractivity contribution in [1.82, 2.24) is 10.1 Å². The summed E-state index contributed by atoms with van der Waals surface area (Å²) in [6.07, 6.45) is 3.71. The van der Waals surface area contributed by atoms with Crippen LogP contribution in [-0.4, -0.2) is 23.2 Å². The van der Waals surface area contributed by atoms with E-state index in [0.717, 1.165) is 18.5 Å². The molecule has 1 aliphatic rings. The summed E-state index contributed by atoms with van der Waals surface area (Å²) in [5.74, 6) is -0.0263. The van der Waals surface area contributed by atoms with E-state index >= 15 is 0 Å².